The Balaban J connectivity index is 1.42. The van der Waals surface area contributed by atoms with Gasteiger partial charge in [0.15, 0.2) is 22.5 Å². The Labute approximate surface area is 155 Å². The Morgan fingerprint density at radius 2 is 2.26 bits per heavy atom. The number of fused-ring (bicyclic) bond motifs is 1. The van der Waals surface area contributed by atoms with Crippen LogP contribution in [-0.2, 0) is 6.54 Å². The highest BCUT2D eigenvalue weighted by atomic mass is 16.6. The number of nitrogens with zero attached hydrogens (tertiary/aromatic N) is 5. The van der Waals surface area contributed by atoms with E-state index in [0.717, 1.165) is 19.5 Å². The number of piperidine rings is 1. The van der Waals surface area contributed by atoms with Gasteiger partial charge in [-0.1, -0.05) is 11.6 Å². The Kier molecular flexibility index (Phi) is 4.97. The van der Waals surface area contributed by atoms with Gasteiger partial charge in [0, 0.05) is 12.6 Å². The van der Waals surface area contributed by atoms with Crippen molar-refractivity contribution in [1.82, 2.24) is 30.6 Å². The number of aromatic nitrogens is 5. The van der Waals surface area contributed by atoms with Gasteiger partial charge in [-0.3, -0.25) is 9.48 Å². The lowest BCUT2D eigenvalue weighted by Gasteiger charge is -2.23. The Hall–Kier alpha value is -3.01. The fourth-order valence-electron chi connectivity index (χ4n) is 3.27. The minimum Gasteiger partial charge on any atom is -0.494 e. The van der Waals surface area contributed by atoms with E-state index < -0.39 is 0 Å². The molecule has 0 spiro atoms. The second-order valence-electron chi connectivity index (χ2n) is 6.53. The molecule has 3 aromatic rings. The first-order valence-electron chi connectivity index (χ1n) is 8.98. The Bertz CT molecular complexity index is 930. The van der Waals surface area contributed by atoms with Crippen LogP contribution in [0.3, 0.4) is 0 Å². The molecule has 4 rings (SSSR count). The Morgan fingerprint density at radius 1 is 1.37 bits per heavy atom. The number of rotatable bonds is 6. The molecule has 27 heavy (non-hydrogen) atoms. The number of hydrogen-bond acceptors (Lipinski definition) is 8. The zero-order valence-corrected chi connectivity index (χ0v) is 15.0. The molecule has 1 aromatic carbocycles. The van der Waals surface area contributed by atoms with Crippen LogP contribution in [0.4, 0.5) is 5.69 Å². The molecule has 0 bridgehead atoms. The molecule has 1 amide bonds. The molecule has 1 atom stereocenters. The van der Waals surface area contributed by atoms with Gasteiger partial charge in [0.1, 0.15) is 0 Å². The number of nitrogens with one attached hydrogen (secondary N) is 2. The van der Waals surface area contributed by atoms with E-state index in [1.807, 2.05) is 0 Å². The summed E-state index contributed by atoms with van der Waals surface area (Å²) < 4.78 is 11.7. The number of carbonyl (C=O) groups is 1. The average Bonchev–Trinajstić information content (AvgIpc) is 3.37. The SMILES string of the molecule is COc1ccc(NC(=O)c2cn(CCC3CCCCN3)nn2)c2nonc12. The fourth-order valence-corrected chi connectivity index (χ4v) is 3.27. The minimum absolute atomic E-state index is 0.243. The molecule has 0 aliphatic carbocycles. The van der Waals surface area contributed by atoms with Crippen molar-refractivity contribution in [2.24, 2.45) is 0 Å². The van der Waals surface area contributed by atoms with Gasteiger partial charge in [0.25, 0.3) is 5.91 Å². The monoisotopic (exact) mass is 371 g/mol. The summed E-state index contributed by atoms with van der Waals surface area (Å²) in [4.78, 5) is 12.5. The van der Waals surface area contributed by atoms with Crippen molar-refractivity contribution in [1.29, 1.82) is 0 Å². The number of benzene rings is 1. The summed E-state index contributed by atoms with van der Waals surface area (Å²) in [6.07, 6.45) is 6.30. The van der Waals surface area contributed by atoms with E-state index in [2.05, 4.69) is 31.3 Å². The second kappa shape index (κ2) is 7.70. The first kappa shape index (κ1) is 17.4. The normalized spacial score (nSPS) is 17.1. The van der Waals surface area contributed by atoms with Crippen molar-refractivity contribution in [3.63, 3.8) is 0 Å². The van der Waals surface area contributed by atoms with E-state index in [9.17, 15) is 4.79 Å². The lowest BCUT2D eigenvalue weighted by Crippen LogP contribution is -2.34. The smallest absolute Gasteiger partial charge is 0.277 e. The van der Waals surface area contributed by atoms with Crippen molar-refractivity contribution in [2.75, 3.05) is 19.0 Å². The van der Waals surface area contributed by atoms with Gasteiger partial charge in [0.2, 0.25) is 0 Å². The molecule has 0 radical (unpaired) electrons. The average molecular weight is 371 g/mol. The Morgan fingerprint density at radius 3 is 3.07 bits per heavy atom. The third kappa shape index (κ3) is 3.75. The van der Waals surface area contributed by atoms with Gasteiger partial charge in [-0.15, -0.1) is 5.10 Å². The first-order chi connectivity index (χ1) is 13.2. The quantitative estimate of drug-likeness (QED) is 0.670. The van der Waals surface area contributed by atoms with Crippen LogP contribution in [0.2, 0.25) is 0 Å². The van der Waals surface area contributed by atoms with E-state index in [4.69, 9.17) is 9.37 Å². The van der Waals surface area contributed by atoms with Crippen LogP contribution in [0.15, 0.2) is 23.0 Å². The fraction of sp³-hybridized carbons (Fsp3) is 0.471. The van der Waals surface area contributed by atoms with Crippen molar-refractivity contribution in [3.8, 4) is 5.75 Å². The van der Waals surface area contributed by atoms with Gasteiger partial charge in [-0.2, -0.15) is 0 Å². The van der Waals surface area contributed by atoms with Gasteiger partial charge in [0.05, 0.1) is 19.0 Å². The third-order valence-corrected chi connectivity index (χ3v) is 4.74. The zero-order valence-electron chi connectivity index (χ0n) is 15.0. The van der Waals surface area contributed by atoms with E-state index in [-0.39, 0.29) is 11.6 Å². The highest BCUT2D eigenvalue weighted by Crippen LogP contribution is 2.28. The van der Waals surface area contributed by atoms with Crippen LogP contribution in [0.25, 0.3) is 11.0 Å². The van der Waals surface area contributed by atoms with Crippen molar-refractivity contribution in [2.45, 2.75) is 38.3 Å². The van der Waals surface area contributed by atoms with Crippen LogP contribution >= 0.6 is 0 Å². The summed E-state index contributed by atoms with van der Waals surface area (Å²) in [5.41, 5.74) is 1.57. The molecule has 1 aliphatic heterocycles. The van der Waals surface area contributed by atoms with Crippen molar-refractivity contribution < 1.29 is 14.2 Å². The maximum Gasteiger partial charge on any atom is 0.277 e. The minimum atomic E-state index is -0.369. The largest absolute Gasteiger partial charge is 0.494 e. The summed E-state index contributed by atoms with van der Waals surface area (Å²) >= 11 is 0. The molecule has 2 aromatic heterocycles. The molecule has 1 aliphatic rings. The summed E-state index contributed by atoms with van der Waals surface area (Å²) in [6, 6.07) is 3.88. The van der Waals surface area contributed by atoms with Crippen LogP contribution in [-0.4, -0.2) is 50.9 Å². The highest BCUT2D eigenvalue weighted by Gasteiger charge is 2.18. The molecule has 1 fully saturated rings. The summed E-state index contributed by atoms with van der Waals surface area (Å²) in [5.74, 6) is 0.151. The van der Waals surface area contributed by atoms with Crippen LogP contribution < -0.4 is 15.4 Å². The summed E-state index contributed by atoms with van der Waals surface area (Å²) in [6.45, 7) is 1.79. The van der Waals surface area contributed by atoms with E-state index in [1.165, 1.54) is 26.4 Å². The zero-order chi connectivity index (χ0) is 18.6. The molecular formula is C17H21N7O3. The molecule has 1 saturated heterocycles. The lowest BCUT2D eigenvalue weighted by molar-refractivity contribution is 0.102. The van der Waals surface area contributed by atoms with E-state index >= 15 is 0 Å². The molecule has 3 heterocycles. The number of carbonyl (C=O) groups excluding carboxylic acids is 1. The van der Waals surface area contributed by atoms with Gasteiger partial charge >= 0.3 is 0 Å². The van der Waals surface area contributed by atoms with E-state index in [1.54, 1.807) is 23.0 Å². The molecule has 0 saturated carbocycles. The van der Waals surface area contributed by atoms with Gasteiger partial charge in [-0.25, -0.2) is 4.63 Å². The summed E-state index contributed by atoms with van der Waals surface area (Å²) in [5, 5.41) is 21.9. The second-order valence-corrected chi connectivity index (χ2v) is 6.53. The number of hydrogen-bond donors (Lipinski definition) is 2. The van der Waals surface area contributed by atoms with Gasteiger partial charge in [-0.05, 0) is 48.3 Å². The number of methoxy groups -OCH3 is 1. The number of anilines is 1. The number of amides is 1. The summed E-state index contributed by atoms with van der Waals surface area (Å²) in [7, 11) is 1.53. The maximum absolute atomic E-state index is 12.5. The molecule has 142 valence electrons. The predicted molar refractivity (Wildman–Crippen MR) is 96.6 cm³/mol. The molecule has 1 unspecified atom stereocenters. The topological polar surface area (TPSA) is 120 Å². The maximum atomic E-state index is 12.5. The predicted octanol–water partition coefficient (Wildman–Crippen LogP) is 1.61. The molecule has 10 heteroatoms. The standard InChI is InChI=1S/C17H21N7O3/c1-26-14-6-5-12(15-16(14)22-27-21-15)19-17(25)13-10-24(23-20-13)9-7-11-4-2-3-8-18-11/h5-6,10-11,18H,2-4,7-9H2,1H3,(H,19,25). The van der Waals surface area contributed by atoms with Crippen LogP contribution in [0, 0.1) is 0 Å². The lowest BCUT2D eigenvalue weighted by atomic mass is 10.0. The first-order valence-corrected chi connectivity index (χ1v) is 8.98. The molecule has 2 N–H and O–H groups in total. The number of ether oxygens (including phenoxy) is 1. The van der Waals surface area contributed by atoms with Crippen LogP contribution in [0.5, 0.6) is 5.75 Å². The van der Waals surface area contributed by atoms with E-state index in [0.29, 0.717) is 28.5 Å². The van der Waals surface area contributed by atoms with Crippen molar-refractivity contribution in [3.05, 3.63) is 24.0 Å². The molecule has 10 nitrogen and oxygen atoms in total. The van der Waals surface area contributed by atoms with Crippen LogP contribution in [0.1, 0.15) is 36.2 Å². The molecular weight excluding hydrogens is 350 g/mol. The highest BCUT2D eigenvalue weighted by molar-refractivity contribution is 6.07. The van der Waals surface area contributed by atoms with Crippen molar-refractivity contribution >= 4 is 22.6 Å². The number of aryl methyl sites for hydroxylation is 1. The third-order valence-electron chi connectivity index (χ3n) is 4.74. The van der Waals surface area contributed by atoms with Gasteiger partial charge < -0.3 is 15.4 Å².